The van der Waals surface area contributed by atoms with Crippen LogP contribution in [-0.4, -0.2) is 24.2 Å². The minimum absolute atomic E-state index is 0.460. The largest absolute Gasteiger partial charge is 0.481 e. The van der Waals surface area contributed by atoms with Crippen molar-refractivity contribution in [3.8, 4) is 0 Å². The molecule has 0 aliphatic heterocycles. The predicted octanol–water partition coefficient (Wildman–Crippen LogP) is 2.61. The summed E-state index contributed by atoms with van der Waals surface area (Å²) in [6.45, 7) is 7.90. The average molecular weight is 261 g/mol. The number of carboxylic acid groups (broad SMARTS) is 1. The van der Waals surface area contributed by atoms with Crippen LogP contribution in [0.2, 0.25) is 0 Å². The van der Waals surface area contributed by atoms with Gasteiger partial charge in [0, 0.05) is 6.54 Å². The van der Waals surface area contributed by atoms with Gasteiger partial charge in [-0.25, -0.2) is 0 Å². The number of aryl methyl sites for hydroxylation is 1. The van der Waals surface area contributed by atoms with E-state index in [1.165, 1.54) is 22.3 Å². The van der Waals surface area contributed by atoms with E-state index < -0.39 is 11.4 Å². The van der Waals surface area contributed by atoms with Crippen LogP contribution in [0.3, 0.4) is 0 Å². The fourth-order valence-corrected chi connectivity index (χ4v) is 2.45. The maximum absolute atomic E-state index is 11.0. The SMILES string of the molecule is Cc1ccc(CCNCC2(C(=O)O)CC2)c(C)c1C. The molecule has 1 saturated carbocycles. The van der Waals surface area contributed by atoms with E-state index in [0.29, 0.717) is 6.54 Å². The van der Waals surface area contributed by atoms with Crippen LogP contribution < -0.4 is 5.32 Å². The standard InChI is InChI=1S/C16H23NO2/c1-11-4-5-14(13(3)12(11)2)6-9-17-10-16(7-8-16)15(18)19/h4-5,17H,6-10H2,1-3H3,(H,18,19). The van der Waals surface area contributed by atoms with Crippen molar-refractivity contribution >= 4 is 5.97 Å². The minimum atomic E-state index is -0.651. The summed E-state index contributed by atoms with van der Waals surface area (Å²) in [7, 11) is 0. The maximum atomic E-state index is 11.0. The van der Waals surface area contributed by atoms with Crippen LogP contribution in [0.25, 0.3) is 0 Å². The van der Waals surface area contributed by atoms with Gasteiger partial charge in [0.1, 0.15) is 0 Å². The molecule has 1 aliphatic carbocycles. The number of carboxylic acids is 1. The zero-order valence-corrected chi connectivity index (χ0v) is 12.0. The maximum Gasteiger partial charge on any atom is 0.310 e. The molecule has 3 heteroatoms. The molecule has 2 N–H and O–H groups in total. The van der Waals surface area contributed by atoms with Gasteiger partial charge in [-0.2, -0.15) is 0 Å². The molecule has 0 unspecified atom stereocenters. The fourth-order valence-electron chi connectivity index (χ4n) is 2.45. The van der Waals surface area contributed by atoms with Gasteiger partial charge in [0.2, 0.25) is 0 Å². The second-order valence-electron chi connectivity index (χ2n) is 5.80. The zero-order valence-electron chi connectivity index (χ0n) is 12.0. The summed E-state index contributed by atoms with van der Waals surface area (Å²) in [5, 5.41) is 12.4. The molecule has 0 atom stereocenters. The molecule has 3 nitrogen and oxygen atoms in total. The Hall–Kier alpha value is -1.35. The molecule has 0 heterocycles. The lowest BCUT2D eigenvalue weighted by Crippen LogP contribution is -2.31. The summed E-state index contributed by atoms with van der Waals surface area (Å²) in [5.41, 5.74) is 4.95. The van der Waals surface area contributed by atoms with Crippen LogP contribution in [0.5, 0.6) is 0 Å². The highest BCUT2D eigenvalue weighted by Crippen LogP contribution is 2.45. The van der Waals surface area contributed by atoms with Gasteiger partial charge < -0.3 is 10.4 Å². The second kappa shape index (κ2) is 5.33. The van der Waals surface area contributed by atoms with Crippen LogP contribution in [0.1, 0.15) is 35.1 Å². The van der Waals surface area contributed by atoms with E-state index in [4.69, 9.17) is 5.11 Å². The molecule has 1 aromatic rings. The fraction of sp³-hybridized carbons (Fsp3) is 0.562. The minimum Gasteiger partial charge on any atom is -0.481 e. The van der Waals surface area contributed by atoms with Gasteiger partial charge in [0.05, 0.1) is 5.41 Å². The number of benzene rings is 1. The normalized spacial score (nSPS) is 16.4. The van der Waals surface area contributed by atoms with Gasteiger partial charge in [0.15, 0.2) is 0 Å². The number of aliphatic carboxylic acids is 1. The first-order valence-electron chi connectivity index (χ1n) is 6.96. The highest BCUT2D eigenvalue weighted by molar-refractivity contribution is 5.78. The highest BCUT2D eigenvalue weighted by Gasteiger charge is 2.49. The molecule has 19 heavy (non-hydrogen) atoms. The van der Waals surface area contributed by atoms with Crippen LogP contribution in [0, 0.1) is 26.2 Å². The van der Waals surface area contributed by atoms with Crippen molar-refractivity contribution in [2.75, 3.05) is 13.1 Å². The van der Waals surface area contributed by atoms with E-state index in [9.17, 15) is 4.79 Å². The Kier molecular flexibility index (Phi) is 3.95. The Labute approximate surface area is 115 Å². The van der Waals surface area contributed by atoms with Gasteiger partial charge in [-0.05, 0) is 68.8 Å². The lowest BCUT2D eigenvalue weighted by Gasteiger charge is -2.13. The van der Waals surface area contributed by atoms with Gasteiger partial charge in [0.25, 0.3) is 0 Å². The molecule has 1 aliphatic rings. The summed E-state index contributed by atoms with van der Waals surface area (Å²) < 4.78 is 0. The molecule has 0 bridgehead atoms. The van der Waals surface area contributed by atoms with Gasteiger partial charge in [-0.15, -0.1) is 0 Å². The number of carbonyl (C=O) groups is 1. The highest BCUT2D eigenvalue weighted by atomic mass is 16.4. The predicted molar refractivity (Wildman–Crippen MR) is 76.5 cm³/mol. The smallest absolute Gasteiger partial charge is 0.310 e. The quantitative estimate of drug-likeness (QED) is 0.774. The molecule has 0 aromatic heterocycles. The Bertz CT molecular complexity index is 490. The number of rotatable bonds is 6. The first-order chi connectivity index (χ1) is 8.96. The first kappa shape index (κ1) is 14.1. The van der Waals surface area contributed by atoms with Crippen LogP contribution >= 0.6 is 0 Å². The molecule has 1 aromatic carbocycles. The third-order valence-corrected chi connectivity index (χ3v) is 4.51. The van der Waals surface area contributed by atoms with E-state index in [2.05, 4.69) is 38.2 Å². The zero-order chi connectivity index (χ0) is 14.0. The van der Waals surface area contributed by atoms with E-state index in [1.54, 1.807) is 0 Å². The molecule has 104 valence electrons. The van der Waals surface area contributed by atoms with Crippen molar-refractivity contribution in [2.45, 2.75) is 40.0 Å². The monoisotopic (exact) mass is 261 g/mol. The van der Waals surface area contributed by atoms with Crippen LogP contribution in [-0.2, 0) is 11.2 Å². The van der Waals surface area contributed by atoms with Crippen molar-refractivity contribution in [2.24, 2.45) is 5.41 Å². The molecular formula is C16H23NO2. The summed E-state index contributed by atoms with van der Waals surface area (Å²) in [6, 6.07) is 4.35. The second-order valence-corrected chi connectivity index (χ2v) is 5.80. The third-order valence-electron chi connectivity index (χ3n) is 4.51. The third kappa shape index (κ3) is 2.98. The first-order valence-corrected chi connectivity index (χ1v) is 6.96. The lowest BCUT2D eigenvalue weighted by atomic mass is 9.97. The molecule has 1 fully saturated rings. The number of hydrogen-bond donors (Lipinski definition) is 2. The molecule has 0 saturated heterocycles. The number of nitrogens with one attached hydrogen (secondary N) is 1. The molecule has 2 rings (SSSR count). The van der Waals surface area contributed by atoms with Crippen molar-refractivity contribution in [1.82, 2.24) is 5.32 Å². The van der Waals surface area contributed by atoms with Crippen molar-refractivity contribution in [3.63, 3.8) is 0 Å². The Balaban J connectivity index is 1.84. The summed E-state index contributed by atoms with van der Waals surface area (Å²) in [4.78, 5) is 11.0. The van der Waals surface area contributed by atoms with E-state index in [-0.39, 0.29) is 0 Å². The van der Waals surface area contributed by atoms with Crippen LogP contribution in [0.4, 0.5) is 0 Å². The van der Waals surface area contributed by atoms with Gasteiger partial charge >= 0.3 is 5.97 Å². The average Bonchev–Trinajstić information content (AvgIpc) is 3.15. The lowest BCUT2D eigenvalue weighted by molar-refractivity contribution is -0.143. The van der Waals surface area contributed by atoms with Crippen molar-refractivity contribution in [3.05, 3.63) is 34.4 Å². The molecule has 0 radical (unpaired) electrons. The van der Waals surface area contributed by atoms with Crippen LogP contribution in [0.15, 0.2) is 12.1 Å². The Morgan fingerprint density at radius 1 is 1.26 bits per heavy atom. The summed E-state index contributed by atoms with van der Waals surface area (Å²) in [5.74, 6) is -0.651. The van der Waals surface area contributed by atoms with E-state index >= 15 is 0 Å². The van der Waals surface area contributed by atoms with E-state index in [0.717, 1.165) is 25.8 Å². The topological polar surface area (TPSA) is 49.3 Å². The summed E-state index contributed by atoms with van der Waals surface area (Å²) >= 11 is 0. The Morgan fingerprint density at radius 2 is 1.95 bits per heavy atom. The molecular weight excluding hydrogens is 238 g/mol. The van der Waals surface area contributed by atoms with Crippen molar-refractivity contribution < 1.29 is 9.90 Å². The van der Waals surface area contributed by atoms with Gasteiger partial charge in [-0.1, -0.05) is 12.1 Å². The molecule has 0 amide bonds. The van der Waals surface area contributed by atoms with Crippen molar-refractivity contribution in [1.29, 1.82) is 0 Å². The van der Waals surface area contributed by atoms with E-state index in [1.807, 2.05) is 0 Å². The summed E-state index contributed by atoms with van der Waals surface area (Å²) in [6.07, 6.45) is 2.60. The number of hydrogen-bond acceptors (Lipinski definition) is 2. The Morgan fingerprint density at radius 3 is 2.53 bits per heavy atom. The van der Waals surface area contributed by atoms with Gasteiger partial charge in [-0.3, -0.25) is 4.79 Å². The molecule has 0 spiro atoms.